The monoisotopic (exact) mass is 429 g/mol. The van der Waals surface area contributed by atoms with Crippen molar-refractivity contribution in [2.24, 2.45) is 0 Å². The van der Waals surface area contributed by atoms with Gasteiger partial charge in [0.05, 0.1) is 10.9 Å². The molecule has 0 aliphatic carbocycles. The van der Waals surface area contributed by atoms with Crippen LogP contribution in [0, 0.1) is 0 Å². The Morgan fingerprint density at radius 2 is 2.07 bits per heavy atom. The molecule has 1 aromatic heterocycles. The highest BCUT2D eigenvalue weighted by Gasteiger charge is 2.29. The lowest BCUT2D eigenvalue weighted by Crippen LogP contribution is -2.32. The minimum Gasteiger partial charge on any atom is -0.324 e. The molecule has 0 bridgehead atoms. The maximum Gasteiger partial charge on any atom is 0.238 e. The summed E-state index contributed by atoms with van der Waals surface area (Å²) in [7, 11) is 0. The maximum absolute atomic E-state index is 12.4. The minimum absolute atomic E-state index is 0.0913. The number of hydrogen-bond acceptors (Lipinski definition) is 5. The number of fused-ring (bicyclic) bond motifs is 1. The van der Waals surface area contributed by atoms with Crippen LogP contribution in [0.4, 0.5) is 10.8 Å². The van der Waals surface area contributed by atoms with Crippen molar-refractivity contribution >= 4 is 57.3 Å². The van der Waals surface area contributed by atoms with Gasteiger partial charge in [0.15, 0.2) is 5.13 Å². The molecule has 0 saturated carbocycles. The van der Waals surface area contributed by atoms with Crippen LogP contribution in [0.1, 0.15) is 16.9 Å². The summed E-state index contributed by atoms with van der Waals surface area (Å²) >= 11 is 8.85. The number of halogens is 1. The van der Waals surface area contributed by atoms with Crippen LogP contribution in [0.2, 0.25) is 5.02 Å². The number of nitrogens with one attached hydrogen (secondary N) is 2. The molecule has 5 nitrogen and oxygen atoms in total. The van der Waals surface area contributed by atoms with Crippen LogP contribution in [-0.4, -0.2) is 22.0 Å². The van der Waals surface area contributed by atoms with E-state index in [2.05, 4.69) is 15.6 Å². The van der Waals surface area contributed by atoms with Crippen molar-refractivity contribution in [1.82, 2.24) is 4.98 Å². The number of thiazole rings is 1. The van der Waals surface area contributed by atoms with E-state index in [1.54, 1.807) is 6.20 Å². The summed E-state index contributed by atoms with van der Waals surface area (Å²) in [4.78, 5) is 30.9. The number of hydrogen-bond donors (Lipinski definition) is 2. The number of aromatic nitrogens is 1. The smallest absolute Gasteiger partial charge is 0.238 e. The van der Waals surface area contributed by atoms with Crippen LogP contribution < -0.4 is 10.6 Å². The summed E-state index contributed by atoms with van der Waals surface area (Å²) in [6.45, 7) is 0. The van der Waals surface area contributed by atoms with Crippen LogP contribution in [0.3, 0.4) is 0 Å². The van der Waals surface area contributed by atoms with Crippen LogP contribution in [0.15, 0.2) is 59.6 Å². The summed E-state index contributed by atoms with van der Waals surface area (Å²) in [5, 5.41) is 6.42. The molecule has 2 aromatic carbocycles. The van der Waals surface area contributed by atoms with E-state index in [0.717, 1.165) is 21.0 Å². The third-order valence-electron chi connectivity index (χ3n) is 4.14. The topological polar surface area (TPSA) is 71.1 Å². The van der Waals surface area contributed by atoms with Gasteiger partial charge in [-0.25, -0.2) is 4.98 Å². The minimum atomic E-state index is -0.458. The number of benzene rings is 2. The third-order valence-corrected chi connectivity index (χ3v) is 6.57. The number of amides is 2. The molecule has 1 unspecified atom stereocenters. The lowest BCUT2D eigenvalue weighted by Gasteiger charge is -2.23. The van der Waals surface area contributed by atoms with Gasteiger partial charge >= 0.3 is 0 Å². The number of para-hydroxylation sites is 1. The second-order valence-electron chi connectivity index (χ2n) is 6.28. The predicted octanol–water partition coefficient (Wildman–Crippen LogP) is 4.83. The van der Waals surface area contributed by atoms with Crippen molar-refractivity contribution in [2.45, 2.75) is 23.0 Å². The number of rotatable bonds is 5. The van der Waals surface area contributed by atoms with E-state index in [0.29, 0.717) is 16.6 Å². The number of nitrogens with zero attached hydrogens (tertiary/aromatic N) is 1. The number of carbonyl (C=O) groups excluding carboxylic acids is 2. The van der Waals surface area contributed by atoms with Gasteiger partial charge < -0.3 is 10.6 Å². The molecule has 28 heavy (non-hydrogen) atoms. The van der Waals surface area contributed by atoms with Crippen molar-refractivity contribution in [3.05, 3.63) is 70.2 Å². The van der Waals surface area contributed by atoms with Gasteiger partial charge in [0.25, 0.3) is 0 Å². The summed E-state index contributed by atoms with van der Waals surface area (Å²) in [6, 6.07) is 15.2. The molecule has 2 N–H and O–H groups in total. The fourth-order valence-electron chi connectivity index (χ4n) is 2.86. The molecule has 0 radical (unpaired) electrons. The Morgan fingerprint density at radius 1 is 1.21 bits per heavy atom. The molecule has 1 aliphatic rings. The fraction of sp³-hybridized carbons (Fsp3) is 0.150. The average Bonchev–Trinajstić information content (AvgIpc) is 3.09. The molecule has 2 amide bonds. The molecule has 3 aromatic rings. The summed E-state index contributed by atoms with van der Waals surface area (Å²) < 4.78 is 0. The van der Waals surface area contributed by atoms with E-state index >= 15 is 0 Å². The predicted molar refractivity (Wildman–Crippen MR) is 114 cm³/mol. The highest BCUT2D eigenvalue weighted by Crippen LogP contribution is 2.36. The zero-order valence-corrected chi connectivity index (χ0v) is 17.0. The quantitative estimate of drug-likeness (QED) is 0.609. The second kappa shape index (κ2) is 8.34. The standard InChI is InChI=1S/C20H16ClN3O2S2/c21-13-5-3-4-12(8-13)9-14-11-22-20(27-14)24-18(25)10-17-19(26)23-15-6-1-2-7-16(15)28-17/h1-8,11,17H,9-10H2,(H,23,26)(H,22,24,25). The van der Waals surface area contributed by atoms with Crippen molar-refractivity contribution in [3.63, 3.8) is 0 Å². The van der Waals surface area contributed by atoms with Crippen molar-refractivity contribution in [2.75, 3.05) is 10.6 Å². The summed E-state index contributed by atoms with van der Waals surface area (Å²) in [6.07, 6.45) is 2.54. The van der Waals surface area contributed by atoms with Crippen LogP contribution in [-0.2, 0) is 16.0 Å². The van der Waals surface area contributed by atoms with Gasteiger partial charge in [-0.1, -0.05) is 35.9 Å². The Balaban J connectivity index is 1.36. The molecular formula is C20H16ClN3O2S2. The highest BCUT2D eigenvalue weighted by atomic mass is 35.5. The average molecular weight is 430 g/mol. The van der Waals surface area contributed by atoms with E-state index < -0.39 is 5.25 Å². The SMILES string of the molecule is O=C(CC1Sc2ccccc2NC1=O)Nc1ncc(Cc2cccc(Cl)c2)s1. The highest BCUT2D eigenvalue weighted by molar-refractivity contribution is 8.01. The van der Waals surface area contributed by atoms with Crippen LogP contribution in [0.5, 0.6) is 0 Å². The Bertz CT molecular complexity index is 1040. The van der Waals surface area contributed by atoms with Gasteiger partial charge in [-0.05, 0) is 29.8 Å². The molecular weight excluding hydrogens is 414 g/mol. The first kappa shape index (κ1) is 19.0. The third kappa shape index (κ3) is 4.55. The van der Waals surface area contributed by atoms with Crippen LogP contribution >= 0.6 is 34.7 Å². The molecule has 0 saturated heterocycles. The maximum atomic E-state index is 12.4. The van der Waals surface area contributed by atoms with Gasteiger partial charge in [0.2, 0.25) is 11.8 Å². The Morgan fingerprint density at radius 3 is 2.93 bits per heavy atom. The van der Waals surface area contributed by atoms with E-state index in [1.165, 1.54) is 23.1 Å². The largest absolute Gasteiger partial charge is 0.324 e. The Hall–Kier alpha value is -2.35. The molecule has 2 heterocycles. The molecule has 0 spiro atoms. The van der Waals surface area contributed by atoms with Gasteiger partial charge in [-0.15, -0.1) is 23.1 Å². The first-order chi connectivity index (χ1) is 13.6. The van der Waals surface area contributed by atoms with E-state index in [4.69, 9.17) is 11.6 Å². The molecule has 142 valence electrons. The first-order valence-corrected chi connectivity index (χ1v) is 10.7. The first-order valence-electron chi connectivity index (χ1n) is 8.62. The number of carbonyl (C=O) groups is 2. The van der Waals surface area contributed by atoms with Crippen molar-refractivity contribution in [3.8, 4) is 0 Å². The van der Waals surface area contributed by atoms with Gasteiger partial charge in [-0.2, -0.15) is 0 Å². The van der Waals surface area contributed by atoms with Gasteiger partial charge in [0.1, 0.15) is 0 Å². The molecule has 0 fully saturated rings. The lowest BCUT2D eigenvalue weighted by molar-refractivity contribution is -0.120. The van der Waals surface area contributed by atoms with Gasteiger partial charge in [0, 0.05) is 33.8 Å². The summed E-state index contributed by atoms with van der Waals surface area (Å²) in [5.41, 5.74) is 1.88. The van der Waals surface area contributed by atoms with Crippen molar-refractivity contribution in [1.29, 1.82) is 0 Å². The van der Waals surface area contributed by atoms with E-state index in [9.17, 15) is 9.59 Å². The Labute approximate surface area is 175 Å². The van der Waals surface area contributed by atoms with Crippen LogP contribution in [0.25, 0.3) is 0 Å². The normalized spacial score (nSPS) is 15.6. The fourth-order valence-corrected chi connectivity index (χ4v) is 5.05. The van der Waals surface area contributed by atoms with Gasteiger partial charge in [-0.3, -0.25) is 9.59 Å². The molecule has 8 heteroatoms. The second-order valence-corrected chi connectivity index (χ2v) is 9.08. The lowest BCUT2D eigenvalue weighted by atomic mass is 10.1. The molecule has 4 rings (SSSR count). The van der Waals surface area contributed by atoms with E-state index in [-0.39, 0.29) is 18.2 Å². The molecule has 1 aliphatic heterocycles. The Kier molecular flexibility index (Phi) is 5.66. The summed E-state index contributed by atoms with van der Waals surface area (Å²) in [5.74, 6) is -0.379. The number of anilines is 2. The van der Waals surface area contributed by atoms with E-state index in [1.807, 2.05) is 48.5 Å². The zero-order valence-electron chi connectivity index (χ0n) is 14.6. The molecule has 1 atom stereocenters. The zero-order chi connectivity index (χ0) is 19.5. The number of thioether (sulfide) groups is 1. The van der Waals surface area contributed by atoms with Crippen molar-refractivity contribution < 1.29 is 9.59 Å².